The zero-order valence-electron chi connectivity index (χ0n) is 14.5. The van der Waals surface area contributed by atoms with Crippen LogP contribution in [0.2, 0.25) is 0 Å². The summed E-state index contributed by atoms with van der Waals surface area (Å²) in [6.07, 6.45) is -0.692. The van der Waals surface area contributed by atoms with E-state index in [4.69, 9.17) is 0 Å². The van der Waals surface area contributed by atoms with Crippen molar-refractivity contribution < 1.29 is 29.0 Å². The van der Waals surface area contributed by atoms with Gasteiger partial charge in [0.1, 0.15) is 0 Å². The highest BCUT2D eigenvalue weighted by Gasteiger charge is 2.56. The molecule has 1 aromatic rings. The summed E-state index contributed by atoms with van der Waals surface area (Å²) in [5.41, 5.74) is -1.33. The molecule has 3 N–H and O–H groups in total. The van der Waals surface area contributed by atoms with Crippen molar-refractivity contribution in [3.8, 4) is 0 Å². The lowest BCUT2D eigenvalue weighted by molar-refractivity contribution is -0.150. The van der Waals surface area contributed by atoms with E-state index in [9.17, 15) is 24.3 Å². The Kier molecular flexibility index (Phi) is 5.81. The number of amides is 3. The van der Waals surface area contributed by atoms with Gasteiger partial charge < -0.3 is 25.4 Å². The van der Waals surface area contributed by atoms with E-state index in [0.717, 1.165) is 4.90 Å². The molecule has 1 unspecified atom stereocenters. The van der Waals surface area contributed by atoms with Crippen LogP contribution >= 0.6 is 0 Å². The number of rotatable bonds is 5. The van der Waals surface area contributed by atoms with Gasteiger partial charge in [0, 0.05) is 19.3 Å². The van der Waals surface area contributed by atoms with Crippen molar-refractivity contribution in [2.24, 2.45) is 5.92 Å². The van der Waals surface area contributed by atoms with Gasteiger partial charge in [0.25, 0.3) is 0 Å². The predicted molar refractivity (Wildman–Crippen MR) is 91.3 cm³/mol. The van der Waals surface area contributed by atoms with E-state index in [-0.39, 0.29) is 13.0 Å². The molecule has 1 heterocycles. The number of carboxylic acids is 1. The lowest BCUT2D eigenvalue weighted by Crippen LogP contribution is -2.56. The van der Waals surface area contributed by atoms with Gasteiger partial charge in [-0.15, -0.1) is 0 Å². The Morgan fingerprint density at radius 1 is 1.27 bits per heavy atom. The van der Waals surface area contributed by atoms with Crippen LogP contribution in [0, 0.1) is 5.92 Å². The molecule has 1 aliphatic rings. The highest BCUT2D eigenvalue weighted by atomic mass is 16.5. The fourth-order valence-electron chi connectivity index (χ4n) is 3.15. The van der Waals surface area contributed by atoms with Gasteiger partial charge in [-0.2, -0.15) is 0 Å². The molecular formula is C17H21N3O6. The van der Waals surface area contributed by atoms with E-state index in [2.05, 4.69) is 15.4 Å². The van der Waals surface area contributed by atoms with Crippen molar-refractivity contribution in [3.05, 3.63) is 30.3 Å². The van der Waals surface area contributed by atoms with E-state index in [0.29, 0.717) is 5.69 Å². The average Bonchev–Trinajstić information content (AvgIpc) is 3.01. The number of aliphatic carboxylic acids is 1. The first-order valence-corrected chi connectivity index (χ1v) is 7.99. The number of carbonyl (C=O) groups excluding carboxylic acids is 3. The van der Waals surface area contributed by atoms with Crippen LogP contribution in [-0.2, 0) is 19.1 Å². The molecule has 1 fully saturated rings. The lowest BCUT2D eigenvalue weighted by Gasteiger charge is -2.33. The van der Waals surface area contributed by atoms with Crippen LogP contribution < -0.4 is 10.6 Å². The molecule has 0 saturated carbocycles. The molecule has 1 aromatic carbocycles. The zero-order valence-corrected chi connectivity index (χ0v) is 14.5. The fraction of sp³-hybridized carbons (Fsp3) is 0.412. The van der Waals surface area contributed by atoms with Crippen molar-refractivity contribution in [1.82, 2.24) is 10.2 Å². The second kappa shape index (κ2) is 7.85. The number of methoxy groups -OCH3 is 1. The van der Waals surface area contributed by atoms with Crippen molar-refractivity contribution in [2.75, 3.05) is 26.0 Å². The first-order valence-electron chi connectivity index (χ1n) is 7.99. The zero-order chi connectivity index (χ0) is 19.3. The molecule has 9 heteroatoms. The molecule has 1 aliphatic heterocycles. The quantitative estimate of drug-likeness (QED) is 0.661. The SMILES string of the molecule is CNC(=O)N1CC(C(=O)OC)C[C@@]1(CC(=O)Nc1ccccc1)C(=O)O. The van der Waals surface area contributed by atoms with Crippen LogP contribution in [0.3, 0.4) is 0 Å². The molecule has 0 radical (unpaired) electrons. The van der Waals surface area contributed by atoms with Gasteiger partial charge in [0.05, 0.1) is 19.4 Å². The number of benzene rings is 1. The van der Waals surface area contributed by atoms with Crippen LogP contribution in [-0.4, -0.2) is 60.1 Å². The summed E-state index contributed by atoms with van der Waals surface area (Å²) in [4.78, 5) is 49.6. The maximum atomic E-state index is 12.4. The first-order chi connectivity index (χ1) is 12.3. The van der Waals surface area contributed by atoms with Crippen LogP contribution in [0.15, 0.2) is 30.3 Å². The predicted octanol–water partition coefficient (Wildman–Crippen LogP) is 0.673. The number of esters is 1. The Morgan fingerprint density at radius 2 is 1.92 bits per heavy atom. The summed E-state index contributed by atoms with van der Waals surface area (Å²) in [6.45, 7) is -0.142. The van der Waals surface area contributed by atoms with Crippen molar-refractivity contribution >= 4 is 29.6 Å². The number of likely N-dealkylation sites (tertiary alicyclic amines) is 1. The van der Waals surface area contributed by atoms with Gasteiger partial charge in [-0.25, -0.2) is 9.59 Å². The third-order valence-corrected chi connectivity index (χ3v) is 4.41. The molecule has 2 rings (SSSR count). The molecule has 0 bridgehead atoms. The number of carboxylic acid groups (broad SMARTS) is 1. The maximum Gasteiger partial charge on any atom is 0.330 e. The van der Waals surface area contributed by atoms with E-state index in [1.807, 2.05) is 0 Å². The minimum absolute atomic E-state index is 0.142. The Balaban J connectivity index is 2.29. The Bertz CT molecular complexity index is 708. The summed E-state index contributed by atoms with van der Waals surface area (Å²) < 4.78 is 4.68. The largest absolute Gasteiger partial charge is 0.479 e. The number of urea groups is 1. The smallest absolute Gasteiger partial charge is 0.330 e. The summed E-state index contributed by atoms with van der Waals surface area (Å²) in [7, 11) is 2.54. The Morgan fingerprint density at radius 3 is 2.46 bits per heavy atom. The van der Waals surface area contributed by atoms with E-state index in [1.165, 1.54) is 14.2 Å². The number of anilines is 1. The molecule has 9 nitrogen and oxygen atoms in total. The highest BCUT2D eigenvalue weighted by molar-refractivity contribution is 5.98. The second-order valence-electron chi connectivity index (χ2n) is 6.02. The minimum Gasteiger partial charge on any atom is -0.479 e. The third kappa shape index (κ3) is 3.76. The van der Waals surface area contributed by atoms with Gasteiger partial charge in [-0.1, -0.05) is 18.2 Å². The fourth-order valence-corrected chi connectivity index (χ4v) is 3.15. The van der Waals surface area contributed by atoms with Gasteiger partial charge in [-0.3, -0.25) is 9.59 Å². The minimum atomic E-state index is -1.84. The molecule has 1 saturated heterocycles. The van der Waals surface area contributed by atoms with Crippen molar-refractivity contribution in [2.45, 2.75) is 18.4 Å². The molecule has 140 valence electrons. The van der Waals surface area contributed by atoms with Crippen LogP contribution in [0.1, 0.15) is 12.8 Å². The van der Waals surface area contributed by atoms with Gasteiger partial charge in [0.2, 0.25) is 5.91 Å². The van der Waals surface area contributed by atoms with Crippen LogP contribution in [0.4, 0.5) is 10.5 Å². The second-order valence-corrected chi connectivity index (χ2v) is 6.02. The topological polar surface area (TPSA) is 125 Å². The van der Waals surface area contributed by atoms with E-state index < -0.39 is 41.8 Å². The molecule has 26 heavy (non-hydrogen) atoms. The average molecular weight is 363 g/mol. The molecule has 0 aromatic heterocycles. The van der Waals surface area contributed by atoms with Crippen molar-refractivity contribution in [3.63, 3.8) is 0 Å². The molecule has 0 aliphatic carbocycles. The number of para-hydroxylation sites is 1. The van der Waals surface area contributed by atoms with Crippen LogP contribution in [0.25, 0.3) is 0 Å². The van der Waals surface area contributed by atoms with Crippen LogP contribution in [0.5, 0.6) is 0 Å². The molecule has 2 atom stereocenters. The lowest BCUT2D eigenvalue weighted by atomic mass is 9.88. The van der Waals surface area contributed by atoms with Crippen molar-refractivity contribution in [1.29, 1.82) is 0 Å². The van der Waals surface area contributed by atoms with E-state index in [1.54, 1.807) is 30.3 Å². The highest BCUT2D eigenvalue weighted by Crippen LogP contribution is 2.37. The Labute approximate surface area is 150 Å². The molecule has 3 amide bonds. The number of carbonyl (C=O) groups is 4. The maximum absolute atomic E-state index is 12.4. The summed E-state index contributed by atoms with van der Waals surface area (Å²) in [5.74, 6) is -3.36. The number of hydrogen-bond donors (Lipinski definition) is 3. The summed E-state index contributed by atoms with van der Waals surface area (Å²) in [6, 6.07) is 7.87. The Hall–Kier alpha value is -3.10. The number of hydrogen-bond acceptors (Lipinski definition) is 5. The molecule has 0 spiro atoms. The number of nitrogens with zero attached hydrogens (tertiary/aromatic N) is 1. The summed E-state index contributed by atoms with van der Waals surface area (Å²) >= 11 is 0. The summed E-state index contributed by atoms with van der Waals surface area (Å²) in [5, 5.41) is 14.8. The monoisotopic (exact) mass is 363 g/mol. The number of nitrogens with one attached hydrogen (secondary N) is 2. The first kappa shape index (κ1) is 19.2. The van der Waals surface area contributed by atoms with Gasteiger partial charge in [0.15, 0.2) is 5.54 Å². The standard InChI is InChI=1S/C17H21N3O6/c1-18-16(25)20-10-11(14(22)26-2)8-17(20,15(23)24)9-13(21)19-12-6-4-3-5-7-12/h3-7,11H,8-10H2,1-2H3,(H,18,25)(H,19,21)(H,23,24)/t11?,17-/m1/s1. The number of ether oxygens (including phenoxy) is 1. The van der Waals surface area contributed by atoms with Gasteiger partial charge in [-0.05, 0) is 18.6 Å². The van der Waals surface area contributed by atoms with Gasteiger partial charge >= 0.3 is 18.0 Å². The van der Waals surface area contributed by atoms with E-state index >= 15 is 0 Å². The normalized spacial score (nSPS) is 21.8. The molecular weight excluding hydrogens is 342 g/mol. The third-order valence-electron chi connectivity index (χ3n) is 4.41.